The molecule has 0 unspecified atom stereocenters. The number of benzene rings is 3. The van der Waals surface area contributed by atoms with Crippen LogP contribution in [0, 0.1) is 0 Å². The molecule has 0 saturated carbocycles. The monoisotopic (exact) mass is 524 g/mol. The lowest BCUT2D eigenvalue weighted by molar-refractivity contribution is 0.0766. The number of nitrogens with zero attached hydrogens (tertiary/aromatic N) is 2. The molecule has 3 aromatic rings. The van der Waals surface area contributed by atoms with E-state index in [9.17, 15) is 5.11 Å². The summed E-state index contributed by atoms with van der Waals surface area (Å²) in [6.45, 7) is 9.00. The van der Waals surface area contributed by atoms with Crippen molar-refractivity contribution in [3.63, 3.8) is 0 Å². The van der Waals surface area contributed by atoms with Crippen molar-refractivity contribution in [1.29, 1.82) is 0 Å². The lowest BCUT2D eigenvalue weighted by Crippen LogP contribution is -2.46. The van der Waals surface area contributed by atoms with Gasteiger partial charge in [0, 0.05) is 13.1 Å². The van der Waals surface area contributed by atoms with Crippen LogP contribution in [-0.2, 0) is 0 Å². The maximum absolute atomic E-state index is 9.94. The second-order valence-electron chi connectivity index (χ2n) is 11.1. The van der Waals surface area contributed by atoms with Gasteiger partial charge in [-0.2, -0.15) is 0 Å². The van der Waals surface area contributed by atoms with E-state index in [0.29, 0.717) is 0 Å². The summed E-state index contributed by atoms with van der Waals surface area (Å²) in [5, 5.41) is 9.94. The zero-order valence-electron chi connectivity index (χ0n) is 23.5. The lowest BCUT2D eigenvalue weighted by atomic mass is 9.88. The maximum atomic E-state index is 9.94. The summed E-state index contributed by atoms with van der Waals surface area (Å²) in [4.78, 5) is 5.21. The van der Waals surface area contributed by atoms with E-state index >= 15 is 0 Å². The predicted octanol–water partition coefficient (Wildman–Crippen LogP) is 7.48. The number of allylic oxidation sites excluding steroid dienone is 1. The molecule has 206 valence electrons. The molecular weight excluding hydrogens is 480 g/mol. The van der Waals surface area contributed by atoms with Crippen molar-refractivity contribution in [3.8, 4) is 11.5 Å². The average Bonchev–Trinajstić information content (AvgIpc) is 2.98. The molecule has 5 rings (SSSR count). The Balaban J connectivity index is 1.41. The standard InChI is InChI=1S/C35H44N2O2/c1-2-34(28-12-6-3-7-13-28)35(29-14-18-31(38)19-15-29)30-16-20-32(21-17-30)39-33(26-36-22-8-4-9-23-36)27-37-24-10-5-11-25-37/h3,6-7,12-21,33,38H,2,4-5,8-11,22-27H2,1H3. The predicted molar refractivity (Wildman–Crippen MR) is 162 cm³/mol. The van der Waals surface area contributed by atoms with Crippen molar-refractivity contribution in [3.05, 3.63) is 95.6 Å². The summed E-state index contributed by atoms with van der Waals surface area (Å²) < 4.78 is 6.72. The Hall–Kier alpha value is -3.08. The maximum Gasteiger partial charge on any atom is 0.124 e. The molecule has 2 heterocycles. The van der Waals surface area contributed by atoms with Crippen molar-refractivity contribution in [2.45, 2.75) is 58.0 Å². The van der Waals surface area contributed by atoms with Gasteiger partial charge in [-0.15, -0.1) is 0 Å². The van der Waals surface area contributed by atoms with Crippen LogP contribution in [0.4, 0.5) is 0 Å². The molecule has 0 aromatic heterocycles. The van der Waals surface area contributed by atoms with Crippen LogP contribution in [0.1, 0.15) is 68.6 Å². The molecule has 2 fully saturated rings. The third kappa shape index (κ3) is 7.52. The van der Waals surface area contributed by atoms with Crippen LogP contribution < -0.4 is 4.74 Å². The summed E-state index contributed by atoms with van der Waals surface area (Å²) in [7, 11) is 0. The molecule has 0 radical (unpaired) electrons. The highest BCUT2D eigenvalue weighted by atomic mass is 16.5. The van der Waals surface area contributed by atoms with Gasteiger partial charge in [-0.1, -0.05) is 74.4 Å². The highest BCUT2D eigenvalue weighted by molar-refractivity contribution is 5.98. The van der Waals surface area contributed by atoms with Crippen LogP contribution in [0.5, 0.6) is 11.5 Å². The fourth-order valence-electron chi connectivity index (χ4n) is 6.19. The van der Waals surface area contributed by atoms with E-state index in [1.54, 1.807) is 12.1 Å². The molecule has 3 aromatic carbocycles. The number of ether oxygens (including phenoxy) is 1. The first-order chi connectivity index (χ1) is 19.2. The Kier molecular flexibility index (Phi) is 9.74. The number of likely N-dealkylation sites (tertiary alicyclic amines) is 2. The molecular formula is C35H44N2O2. The second-order valence-corrected chi connectivity index (χ2v) is 11.1. The molecule has 2 aliphatic rings. The van der Waals surface area contributed by atoms with Gasteiger partial charge >= 0.3 is 0 Å². The van der Waals surface area contributed by atoms with E-state index in [0.717, 1.165) is 36.4 Å². The van der Waals surface area contributed by atoms with E-state index in [-0.39, 0.29) is 11.9 Å². The zero-order chi connectivity index (χ0) is 26.9. The van der Waals surface area contributed by atoms with Crippen LogP contribution in [-0.4, -0.2) is 60.3 Å². The highest BCUT2D eigenvalue weighted by Gasteiger charge is 2.22. The van der Waals surface area contributed by atoms with Crippen molar-refractivity contribution in [2.24, 2.45) is 0 Å². The highest BCUT2D eigenvalue weighted by Crippen LogP contribution is 2.35. The van der Waals surface area contributed by atoms with Crippen LogP contribution in [0.2, 0.25) is 0 Å². The molecule has 4 nitrogen and oxygen atoms in total. The SMILES string of the molecule is CCC(=C(c1ccc(O)cc1)c1ccc(OC(CN2CCCCC2)CN2CCCCC2)cc1)c1ccccc1. The summed E-state index contributed by atoms with van der Waals surface area (Å²) in [6, 6.07) is 26.9. The molecule has 0 atom stereocenters. The van der Waals surface area contributed by atoms with Crippen LogP contribution >= 0.6 is 0 Å². The smallest absolute Gasteiger partial charge is 0.124 e. The Bertz CT molecular complexity index is 1160. The minimum Gasteiger partial charge on any atom is -0.508 e. The van der Waals surface area contributed by atoms with E-state index in [4.69, 9.17) is 4.74 Å². The first kappa shape index (κ1) is 27.5. The van der Waals surface area contributed by atoms with Gasteiger partial charge < -0.3 is 9.84 Å². The van der Waals surface area contributed by atoms with E-state index in [2.05, 4.69) is 71.3 Å². The number of hydrogen-bond donors (Lipinski definition) is 1. The first-order valence-corrected chi connectivity index (χ1v) is 15.0. The van der Waals surface area contributed by atoms with Gasteiger partial charge in [-0.25, -0.2) is 0 Å². The van der Waals surface area contributed by atoms with Gasteiger partial charge in [0.15, 0.2) is 0 Å². The average molecular weight is 525 g/mol. The molecule has 4 heteroatoms. The quantitative estimate of drug-likeness (QED) is 0.279. The topological polar surface area (TPSA) is 35.9 Å². The van der Waals surface area contributed by atoms with E-state index < -0.39 is 0 Å². The Morgan fingerprint density at radius 1 is 0.667 bits per heavy atom. The number of aromatic hydroxyl groups is 1. The van der Waals surface area contributed by atoms with E-state index in [1.807, 2.05) is 12.1 Å². The summed E-state index contributed by atoms with van der Waals surface area (Å²) in [5.74, 6) is 1.23. The number of piperidine rings is 2. The van der Waals surface area contributed by atoms with Crippen molar-refractivity contribution < 1.29 is 9.84 Å². The summed E-state index contributed by atoms with van der Waals surface area (Å²) in [6.07, 6.45) is 9.01. The van der Waals surface area contributed by atoms with Crippen LogP contribution in [0.3, 0.4) is 0 Å². The number of hydrogen-bond acceptors (Lipinski definition) is 4. The Labute approximate surface area is 234 Å². The molecule has 1 N–H and O–H groups in total. The Morgan fingerprint density at radius 2 is 1.18 bits per heavy atom. The van der Waals surface area contributed by atoms with Gasteiger partial charge in [-0.3, -0.25) is 9.80 Å². The molecule has 2 saturated heterocycles. The number of phenolic OH excluding ortho intramolecular Hbond substituents is 1. The van der Waals surface area contributed by atoms with Gasteiger partial charge in [-0.05, 0) is 110 Å². The fourth-order valence-corrected chi connectivity index (χ4v) is 6.19. The van der Waals surface area contributed by atoms with Crippen molar-refractivity contribution in [1.82, 2.24) is 9.80 Å². The second kappa shape index (κ2) is 13.8. The minimum absolute atomic E-state index is 0.176. The number of rotatable bonds is 10. The van der Waals surface area contributed by atoms with Crippen molar-refractivity contribution >= 4 is 11.1 Å². The van der Waals surface area contributed by atoms with Crippen LogP contribution in [0.25, 0.3) is 11.1 Å². The number of phenols is 1. The largest absolute Gasteiger partial charge is 0.508 e. The normalized spacial score (nSPS) is 17.7. The summed E-state index contributed by atoms with van der Waals surface area (Å²) >= 11 is 0. The van der Waals surface area contributed by atoms with E-state index in [1.165, 1.54) is 81.4 Å². The summed E-state index contributed by atoms with van der Waals surface area (Å²) in [5.41, 5.74) is 6.00. The van der Waals surface area contributed by atoms with Gasteiger partial charge in [0.25, 0.3) is 0 Å². The molecule has 0 aliphatic carbocycles. The molecule has 0 bridgehead atoms. The molecule has 0 amide bonds. The van der Waals surface area contributed by atoms with Crippen molar-refractivity contribution in [2.75, 3.05) is 39.3 Å². The fraction of sp³-hybridized carbons (Fsp3) is 0.429. The molecule has 39 heavy (non-hydrogen) atoms. The first-order valence-electron chi connectivity index (χ1n) is 15.0. The zero-order valence-corrected chi connectivity index (χ0v) is 23.5. The van der Waals surface area contributed by atoms with Gasteiger partial charge in [0.1, 0.15) is 17.6 Å². The third-order valence-corrected chi connectivity index (χ3v) is 8.20. The Morgan fingerprint density at radius 3 is 1.69 bits per heavy atom. The molecule has 2 aliphatic heterocycles. The molecule has 0 spiro atoms. The van der Waals surface area contributed by atoms with Gasteiger partial charge in [0.2, 0.25) is 0 Å². The van der Waals surface area contributed by atoms with Gasteiger partial charge in [0.05, 0.1) is 0 Å². The van der Waals surface area contributed by atoms with Crippen LogP contribution in [0.15, 0.2) is 78.9 Å². The lowest BCUT2D eigenvalue weighted by Gasteiger charge is -2.34. The third-order valence-electron chi connectivity index (χ3n) is 8.20. The minimum atomic E-state index is 0.176.